The summed E-state index contributed by atoms with van der Waals surface area (Å²) >= 11 is 0. The van der Waals surface area contributed by atoms with Gasteiger partial charge in [0.05, 0.1) is 20.6 Å². The first-order valence-corrected chi connectivity index (χ1v) is 4.56. The summed E-state index contributed by atoms with van der Waals surface area (Å²) in [5.74, 6) is -1.49. The van der Waals surface area contributed by atoms with Crippen molar-refractivity contribution in [3.8, 4) is 11.5 Å². The number of Topliss-reactive ketones (excluding diaryl/α,β-unsaturated/α-hetero) is 1. The van der Waals surface area contributed by atoms with Crippen molar-refractivity contribution in [2.24, 2.45) is 0 Å². The van der Waals surface area contributed by atoms with Crippen LogP contribution in [-0.2, 0) is 16.0 Å². The predicted molar refractivity (Wildman–Crippen MR) is 55.9 cm³/mol. The Morgan fingerprint density at radius 2 is 1.69 bits per heavy atom. The van der Waals surface area contributed by atoms with Gasteiger partial charge in [-0.25, -0.2) is 4.79 Å². The SMILES string of the molecule is COc1cccc(OC)c1CC(=O)C(=O)O. The van der Waals surface area contributed by atoms with Crippen molar-refractivity contribution in [3.63, 3.8) is 0 Å². The number of hydrogen-bond acceptors (Lipinski definition) is 4. The van der Waals surface area contributed by atoms with Gasteiger partial charge in [0, 0.05) is 5.56 Å². The van der Waals surface area contributed by atoms with E-state index in [4.69, 9.17) is 14.6 Å². The van der Waals surface area contributed by atoms with Crippen LogP contribution in [-0.4, -0.2) is 31.1 Å². The van der Waals surface area contributed by atoms with Crippen LogP contribution in [0.5, 0.6) is 11.5 Å². The van der Waals surface area contributed by atoms with Crippen LogP contribution in [0.15, 0.2) is 18.2 Å². The predicted octanol–water partition coefficient (Wildman–Crippen LogP) is 0.900. The van der Waals surface area contributed by atoms with Gasteiger partial charge >= 0.3 is 5.97 Å². The van der Waals surface area contributed by atoms with Crippen molar-refractivity contribution >= 4 is 11.8 Å². The number of carboxylic acid groups (broad SMARTS) is 1. The lowest BCUT2D eigenvalue weighted by Crippen LogP contribution is -2.16. The molecule has 0 aromatic heterocycles. The maximum atomic E-state index is 11.1. The quantitative estimate of drug-likeness (QED) is 0.752. The van der Waals surface area contributed by atoms with E-state index in [1.807, 2.05) is 0 Å². The number of rotatable bonds is 5. The summed E-state index contributed by atoms with van der Waals surface area (Å²) < 4.78 is 10.1. The summed E-state index contributed by atoms with van der Waals surface area (Å²) in [6.07, 6.45) is -0.248. The molecule has 0 saturated carbocycles. The Kier molecular flexibility index (Phi) is 3.88. The van der Waals surface area contributed by atoms with Gasteiger partial charge in [-0.3, -0.25) is 4.79 Å². The van der Waals surface area contributed by atoms with Gasteiger partial charge in [0.25, 0.3) is 0 Å². The van der Waals surface area contributed by atoms with E-state index in [1.165, 1.54) is 14.2 Å². The van der Waals surface area contributed by atoms with E-state index in [1.54, 1.807) is 18.2 Å². The Hall–Kier alpha value is -2.04. The smallest absolute Gasteiger partial charge is 0.372 e. The van der Waals surface area contributed by atoms with E-state index in [-0.39, 0.29) is 6.42 Å². The van der Waals surface area contributed by atoms with Gasteiger partial charge < -0.3 is 14.6 Å². The molecule has 1 aromatic carbocycles. The Bertz CT molecular complexity index is 389. The number of carbonyl (C=O) groups excluding carboxylic acids is 1. The maximum absolute atomic E-state index is 11.1. The minimum Gasteiger partial charge on any atom is -0.496 e. The van der Waals surface area contributed by atoms with E-state index in [9.17, 15) is 9.59 Å². The first-order chi connectivity index (χ1) is 7.60. The summed E-state index contributed by atoms with van der Waals surface area (Å²) in [6, 6.07) is 4.99. The van der Waals surface area contributed by atoms with E-state index >= 15 is 0 Å². The molecule has 5 nitrogen and oxygen atoms in total. The molecule has 0 bridgehead atoms. The highest BCUT2D eigenvalue weighted by molar-refractivity contribution is 6.33. The first kappa shape index (κ1) is 12.0. The van der Waals surface area contributed by atoms with Crippen molar-refractivity contribution in [2.75, 3.05) is 14.2 Å². The van der Waals surface area contributed by atoms with Crippen molar-refractivity contribution in [1.29, 1.82) is 0 Å². The summed E-state index contributed by atoms with van der Waals surface area (Å²) in [6.45, 7) is 0. The van der Waals surface area contributed by atoms with Crippen molar-refractivity contribution < 1.29 is 24.2 Å². The molecular formula is C11H12O5. The van der Waals surface area contributed by atoms with Gasteiger partial charge in [0.2, 0.25) is 5.78 Å². The second kappa shape index (κ2) is 5.16. The average Bonchev–Trinajstić information content (AvgIpc) is 2.29. The molecular weight excluding hydrogens is 212 g/mol. The topological polar surface area (TPSA) is 72.8 Å². The zero-order valence-electron chi connectivity index (χ0n) is 9.02. The molecule has 5 heteroatoms. The van der Waals surface area contributed by atoms with Gasteiger partial charge in [-0.15, -0.1) is 0 Å². The van der Waals surface area contributed by atoms with Crippen LogP contribution >= 0.6 is 0 Å². The van der Waals surface area contributed by atoms with Gasteiger partial charge in [-0.05, 0) is 12.1 Å². The fraction of sp³-hybridized carbons (Fsp3) is 0.273. The number of carbonyl (C=O) groups is 2. The molecule has 0 aliphatic rings. The molecule has 0 amide bonds. The number of ketones is 1. The molecule has 0 fully saturated rings. The number of methoxy groups -OCH3 is 2. The fourth-order valence-electron chi connectivity index (χ4n) is 1.34. The monoisotopic (exact) mass is 224 g/mol. The summed E-state index contributed by atoms with van der Waals surface area (Å²) in [4.78, 5) is 21.6. The third-order valence-electron chi connectivity index (χ3n) is 2.11. The van der Waals surface area contributed by atoms with Crippen LogP contribution < -0.4 is 9.47 Å². The summed E-state index contributed by atoms with van der Waals surface area (Å²) in [5, 5.41) is 8.54. The Morgan fingerprint density at radius 1 is 1.19 bits per heavy atom. The average molecular weight is 224 g/mol. The minimum absolute atomic E-state index is 0.248. The molecule has 1 N–H and O–H groups in total. The molecule has 0 heterocycles. The summed E-state index contributed by atoms with van der Waals surface area (Å²) in [5.41, 5.74) is 0.444. The highest BCUT2D eigenvalue weighted by atomic mass is 16.5. The van der Waals surface area contributed by atoms with Gasteiger partial charge in [-0.2, -0.15) is 0 Å². The lowest BCUT2D eigenvalue weighted by atomic mass is 10.1. The largest absolute Gasteiger partial charge is 0.496 e. The number of carboxylic acids is 1. The molecule has 0 aliphatic carbocycles. The van der Waals surface area contributed by atoms with Gasteiger partial charge in [-0.1, -0.05) is 6.07 Å². The zero-order chi connectivity index (χ0) is 12.1. The molecule has 1 aromatic rings. The van der Waals surface area contributed by atoms with Crippen LogP contribution in [0.1, 0.15) is 5.56 Å². The van der Waals surface area contributed by atoms with Crippen LogP contribution in [0.2, 0.25) is 0 Å². The Balaban J connectivity index is 3.09. The zero-order valence-corrected chi connectivity index (χ0v) is 9.02. The van der Waals surface area contributed by atoms with E-state index < -0.39 is 11.8 Å². The molecule has 0 saturated heterocycles. The number of ether oxygens (including phenoxy) is 2. The molecule has 16 heavy (non-hydrogen) atoms. The lowest BCUT2D eigenvalue weighted by Gasteiger charge is -2.11. The standard InChI is InChI=1S/C11H12O5/c1-15-9-4-3-5-10(16-2)7(9)6-8(12)11(13)14/h3-5H,6H2,1-2H3,(H,13,14). The Morgan fingerprint density at radius 3 is 2.06 bits per heavy atom. The van der Waals surface area contributed by atoms with Crippen molar-refractivity contribution in [2.45, 2.75) is 6.42 Å². The van der Waals surface area contributed by atoms with Crippen LogP contribution in [0, 0.1) is 0 Å². The second-order valence-corrected chi connectivity index (χ2v) is 3.05. The highest BCUT2D eigenvalue weighted by Gasteiger charge is 2.18. The van der Waals surface area contributed by atoms with E-state index in [0.717, 1.165) is 0 Å². The third-order valence-corrected chi connectivity index (χ3v) is 2.11. The normalized spacial score (nSPS) is 9.62. The van der Waals surface area contributed by atoms with Crippen LogP contribution in [0.25, 0.3) is 0 Å². The van der Waals surface area contributed by atoms with Gasteiger partial charge in [0.1, 0.15) is 11.5 Å². The van der Waals surface area contributed by atoms with Crippen LogP contribution in [0.4, 0.5) is 0 Å². The molecule has 1 rings (SSSR count). The van der Waals surface area contributed by atoms with Crippen molar-refractivity contribution in [3.05, 3.63) is 23.8 Å². The fourth-order valence-corrected chi connectivity index (χ4v) is 1.34. The third kappa shape index (κ3) is 2.50. The van der Waals surface area contributed by atoms with Crippen LogP contribution in [0.3, 0.4) is 0 Å². The molecule has 0 radical (unpaired) electrons. The number of hydrogen-bond donors (Lipinski definition) is 1. The van der Waals surface area contributed by atoms with Crippen molar-refractivity contribution in [1.82, 2.24) is 0 Å². The molecule has 0 aliphatic heterocycles. The molecule has 0 spiro atoms. The van der Waals surface area contributed by atoms with E-state index in [2.05, 4.69) is 0 Å². The lowest BCUT2D eigenvalue weighted by molar-refractivity contribution is -0.148. The maximum Gasteiger partial charge on any atom is 0.372 e. The molecule has 0 atom stereocenters. The van der Waals surface area contributed by atoms with Gasteiger partial charge in [0.15, 0.2) is 0 Å². The molecule has 86 valence electrons. The van der Waals surface area contributed by atoms with E-state index in [0.29, 0.717) is 17.1 Å². The number of benzene rings is 1. The Labute approximate surface area is 92.6 Å². The number of aliphatic carboxylic acids is 1. The summed E-state index contributed by atoms with van der Waals surface area (Å²) in [7, 11) is 2.90. The highest BCUT2D eigenvalue weighted by Crippen LogP contribution is 2.28. The minimum atomic E-state index is -1.46. The first-order valence-electron chi connectivity index (χ1n) is 4.56. The second-order valence-electron chi connectivity index (χ2n) is 3.05. The molecule has 0 unspecified atom stereocenters.